The second-order valence-corrected chi connectivity index (χ2v) is 7.89. The highest BCUT2D eigenvalue weighted by Crippen LogP contribution is 2.37. The molecule has 158 valence electrons. The van der Waals surface area contributed by atoms with Gasteiger partial charge in [0, 0.05) is 25.4 Å². The number of hydrogen-bond acceptors (Lipinski definition) is 7. The molecule has 2 atom stereocenters. The zero-order valence-electron chi connectivity index (χ0n) is 17.5. The lowest BCUT2D eigenvalue weighted by Gasteiger charge is -2.44. The Hall–Kier alpha value is -3.65. The number of aliphatic imine (C=N–C) groups is 1. The maximum atomic E-state index is 13.4. The molecular formula is C23H25N7O. The predicted octanol–water partition coefficient (Wildman–Crippen LogP) is 2.51. The number of nitrogens with zero attached hydrogens (tertiary/aromatic N) is 4. The normalized spacial score (nSPS) is 22.1. The van der Waals surface area contributed by atoms with E-state index in [2.05, 4.69) is 16.8 Å². The van der Waals surface area contributed by atoms with Gasteiger partial charge in [-0.3, -0.25) is 9.69 Å². The number of anilines is 2. The second kappa shape index (κ2) is 7.55. The average Bonchev–Trinajstić information content (AvgIpc) is 3.14. The molecule has 3 aliphatic rings. The van der Waals surface area contributed by atoms with Crippen molar-refractivity contribution in [3.8, 4) is 0 Å². The van der Waals surface area contributed by atoms with Gasteiger partial charge in [-0.05, 0) is 49.4 Å². The Bertz CT molecular complexity index is 1110. The Labute approximate surface area is 181 Å². The van der Waals surface area contributed by atoms with Gasteiger partial charge in [0.1, 0.15) is 12.0 Å². The second-order valence-electron chi connectivity index (χ2n) is 7.89. The number of rotatable bonds is 4. The number of benzene rings is 2. The first-order valence-electron chi connectivity index (χ1n) is 10.4. The van der Waals surface area contributed by atoms with E-state index < -0.39 is 6.29 Å². The van der Waals surface area contributed by atoms with Crippen molar-refractivity contribution in [3.63, 3.8) is 0 Å². The first kappa shape index (κ1) is 19.3. The minimum Gasteiger partial charge on any atom is -0.349 e. The summed E-state index contributed by atoms with van der Waals surface area (Å²) in [5.41, 5.74) is 7.72. The maximum Gasteiger partial charge on any atom is 0.263 e. The minimum absolute atomic E-state index is 0.0394. The molecule has 8 heteroatoms. The Morgan fingerprint density at radius 3 is 2.58 bits per heavy atom. The third-order valence-corrected chi connectivity index (χ3v) is 5.91. The van der Waals surface area contributed by atoms with Crippen molar-refractivity contribution < 1.29 is 4.79 Å². The lowest BCUT2D eigenvalue weighted by Crippen LogP contribution is -2.57. The van der Waals surface area contributed by atoms with Gasteiger partial charge in [-0.2, -0.15) is 0 Å². The number of carbonyl (C=O) groups excluding carboxylic acids is 1. The number of amides is 1. The Morgan fingerprint density at radius 1 is 1.10 bits per heavy atom. The molecule has 0 spiro atoms. The number of allylic oxidation sites excluding steroid dienone is 1. The molecule has 1 amide bonds. The van der Waals surface area contributed by atoms with Gasteiger partial charge >= 0.3 is 0 Å². The van der Waals surface area contributed by atoms with Crippen LogP contribution in [0.3, 0.4) is 0 Å². The minimum atomic E-state index is -0.458. The van der Waals surface area contributed by atoms with Crippen molar-refractivity contribution >= 4 is 29.3 Å². The SMILES string of the molecule is CN1NC(CCC=N)=CC1NC1=NC2N(C)c3ccccc3C(=O)N2c2ccccc21. The van der Waals surface area contributed by atoms with Crippen LogP contribution in [0.25, 0.3) is 0 Å². The molecule has 0 radical (unpaired) electrons. The van der Waals surface area contributed by atoms with E-state index in [9.17, 15) is 4.79 Å². The van der Waals surface area contributed by atoms with Crippen LogP contribution in [0.4, 0.5) is 11.4 Å². The van der Waals surface area contributed by atoms with Crippen LogP contribution >= 0.6 is 0 Å². The van der Waals surface area contributed by atoms with Crippen molar-refractivity contribution in [2.24, 2.45) is 4.99 Å². The molecule has 0 bridgehead atoms. The lowest BCUT2D eigenvalue weighted by molar-refractivity contribution is 0.0970. The van der Waals surface area contributed by atoms with E-state index >= 15 is 0 Å². The molecule has 31 heavy (non-hydrogen) atoms. The molecule has 0 aliphatic carbocycles. The number of hydrogen-bond donors (Lipinski definition) is 3. The summed E-state index contributed by atoms with van der Waals surface area (Å²) in [4.78, 5) is 22.2. The fraction of sp³-hybridized carbons (Fsp3) is 0.261. The van der Waals surface area contributed by atoms with Crippen LogP contribution in [0.15, 0.2) is 65.3 Å². The highest BCUT2D eigenvalue weighted by molar-refractivity contribution is 6.17. The highest BCUT2D eigenvalue weighted by Gasteiger charge is 2.41. The molecule has 2 unspecified atom stereocenters. The molecule has 0 saturated heterocycles. The zero-order chi connectivity index (χ0) is 21.5. The van der Waals surface area contributed by atoms with Gasteiger partial charge in [0.2, 0.25) is 6.29 Å². The molecule has 0 fully saturated rings. The fourth-order valence-corrected chi connectivity index (χ4v) is 4.34. The summed E-state index contributed by atoms with van der Waals surface area (Å²) >= 11 is 0. The maximum absolute atomic E-state index is 13.4. The number of likely N-dealkylation sites (N-methyl/N-ethyl adjacent to an activating group) is 1. The van der Waals surface area contributed by atoms with Gasteiger partial charge in [0.25, 0.3) is 5.91 Å². The van der Waals surface area contributed by atoms with Crippen LogP contribution in [0, 0.1) is 5.41 Å². The van der Waals surface area contributed by atoms with E-state index in [1.165, 1.54) is 6.21 Å². The van der Waals surface area contributed by atoms with Crippen molar-refractivity contribution in [2.45, 2.75) is 25.3 Å². The van der Waals surface area contributed by atoms with Crippen LogP contribution in [0.1, 0.15) is 28.8 Å². The summed E-state index contributed by atoms with van der Waals surface area (Å²) < 4.78 is 0. The quantitative estimate of drug-likeness (QED) is 0.668. The topological polar surface area (TPSA) is 87.1 Å². The summed E-state index contributed by atoms with van der Waals surface area (Å²) in [6.07, 6.45) is 4.49. The number of hydrazine groups is 1. The lowest BCUT2D eigenvalue weighted by atomic mass is 10.0. The molecule has 0 saturated carbocycles. The van der Waals surface area contributed by atoms with Gasteiger partial charge in [0.05, 0.1) is 16.9 Å². The largest absolute Gasteiger partial charge is 0.349 e. The zero-order valence-corrected chi connectivity index (χ0v) is 17.5. The van der Waals surface area contributed by atoms with Gasteiger partial charge in [-0.25, -0.2) is 10.0 Å². The van der Waals surface area contributed by atoms with Crippen LogP contribution in [-0.2, 0) is 0 Å². The molecule has 3 aliphatic heterocycles. The number of fused-ring (bicyclic) bond motifs is 4. The van der Waals surface area contributed by atoms with Gasteiger partial charge in [0.15, 0.2) is 0 Å². The third-order valence-electron chi connectivity index (χ3n) is 5.91. The average molecular weight is 416 g/mol. The van der Waals surface area contributed by atoms with Crippen molar-refractivity contribution in [1.29, 1.82) is 5.41 Å². The number of para-hydroxylation sites is 2. The van der Waals surface area contributed by atoms with Crippen LogP contribution in [0.2, 0.25) is 0 Å². The first-order chi connectivity index (χ1) is 15.1. The van der Waals surface area contributed by atoms with Gasteiger partial charge < -0.3 is 21.1 Å². The number of amidine groups is 1. The van der Waals surface area contributed by atoms with Crippen molar-refractivity contribution in [2.75, 3.05) is 23.9 Å². The van der Waals surface area contributed by atoms with Crippen molar-refractivity contribution in [1.82, 2.24) is 15.8 Å². The monoisotopic (exact) mass is 415 g/mol. The van der Waals surface area contributed by atoms with E-state index in [1.54, 1.807) is 4.90 Å². The summed E-state index contributed by atoms with van der Waals surface area (Å²) in [5.74, 6) is 0.710. The summed E-state index contributed by atoms with van der Waals surface area (Å²) in [6, 6.07) is 15.5. The third kappa shape index (κ3) is 3.16. The number of carbonyl (C=O) groups is 1. The Balaban J connectivity index is 1.53. The van der Waals surface area contributed by atoms with Crippen molar-refractivity contribution in [3.05, 3.63) is 71.4 Å². The standard InChI is InChI=1S/C23H25N7O/c1-28-18-11-5-4-10-17(18)22(31)30-19-12-6-3-9-16(19)21(26-23(28)30)25-20-14-15(8-7-13-24)27-29(20)2/h3-6,9-14,20,23-24,27H,7-8H2,1-2H3,(H,25,26). The first-order valence-corrected chi connectivity index (χ1v) is 10.4. The van der Waals surface area contributed by atoms with E-state index in [4.69, 9.17) is 10.4 Å². The van der Waals surface area contributed by atoms with Crippen LogP contribution in [-0.4, -0.2) is 49.5 Å². The summed E-state index contributed by atoms with van der Waals surface area (Å²) in [5, 5.41) is 12.8. The van der Waals surface area contributed by atoms with Gasteiger partial charge in [-0.15, -0.1) is 0 Å². The predicted molar refractivity (Wildman–Crippen MR) is 122 cm³/mol. The molecule has 2 aromatic rings. The van der Waals surface area contributed by atoms with E-state index in [1.807, 2.05) is 72.5 Å². The Morgan fingerprint density at radius 2 is 1.81 bits per heavy atom. The molecule has 2 aromatic carbocycles. The highest BCUT2D eigenvalue weighted by atomic mass is 16.2. The molecule has 0 aromatic heterocycles. The van der Waals surface area contributed by atoms with Gasteiger partial charge in [-0.1, -0.05) is 24.3 Å². The molecule has 8 nitrogen and oxygen atoms in total. The summed E-state index contributed by atoms with van der Waals surface area (Å²) in [6.45, 7) is 0. The van der Waals surface area contributed by atoms with E-state index in [0.717, 1.165) is 34.9 Å². The molecular weight excluding hydrogens is 390 g/mol. The molecule has 3 N–H and O–H groups in total. The van der Waals surface area contributed by atoms with E-state index in [0.29, 0.717) is 12.0 Å². The van der Waals surface area contributed by atoms with Crippen LogP contribution in [0.5, 0.6) is 0 Å². The Kier molecular flexibility index (Phi) is 4.71. The van der Waals surface area contributed by atoms with Crippen LogP contribution < -0.4 is 20.5 Å². The van der Waals surface area contributed by atoms with E-state index in [-0.39, 0.29) is 12.1 Å². The fourth-order valence-electron chi connectivity index (χ4n) is 4.34. The summed E-state index contributed by atoms with van der Waals surface area (Å²) in [7, 11) is 3.94. The number of nitrogens with one attached hydrogen (secondary N) is 3. The molecule has 5 rings (SSSR count). The molecule has 3 heterocycles. The smallest absolute Gasteiger partial charge is 0.263 e.